The number of benzene rings is 1. The van der Waals surface area contributed by atoms with Crippen molar-refractivity contribution in [1.29, 1.82) is 0 Å². The van der Waals surface area contributed by atoms with Gasteiger partial charge < -0.3 is 28.6 Å². The molecule has 0 aliphatic carbocycles. The molecule has 1 amide bonds. The van der Waals surface area contributed by atoms with E-state index in [1.54, 1.807) is 34.3 Å². The van der Waals surface area contributed by atoms with Crippen molar-refractivity contribution in [1.82, 2.24) is 19.4 Å². The van der Waals surface area contributed by atoms with E-state index in [2.05, 4.69) is 14.7 Å². The van der Waals surface area contributed by atoms with E-state index in [1.807, 2.05) is 30.1 Å². The molecular formula is C24H28N6O6S. The Morgan fingerprint density at radius 1 is 1.22 bits per heavy atom. The van der Waals surface area contributed by atoms with Crippen molar-refractivity contribution >= 4 is 33.0 Å². The Balaban J connectivity index is 1.34. The summed E-state index contributed by atoms with van der Waals surface area (Å²) in [5.41, 5.74) is 2.09. The fourth-order valence-electron chi connectivity index (χ4n) is 4.45. The molecular weight excluding hydrogens is 500 g/mol. The maximum atomic E-state index is 12.7. The van der Waals surface area contributed by atoms with Crippen molar-refractivity contribution in [3.63, 3.8) is 0 Å². The van der Waals surface area contributed by atoms with Crippen LogP contribution in [-0.4, -0.2) is 79.5 Å². The number of carbonyl (C=O) groups excluding carboxylic acids is 1. The van der Waals surface area contributed by atoms with Crippen LogP contribution in [0.1, 0.15) is 16.9 Å². The molecule has 1 fully saturated rings. The zero-order valence-electron chi connectivity index (χ0n) is 20.7. The summed E-state index contributed by atoms with van der Waals surface area (Å²) in [5, 5.41) is 0. The van der Waals surface area contributed by atoms with Gasteiger partial charge in [0, 0.05) is 32.3 Å². The van der Waals surface area contributed by atoms with Gasteiger partial charge in [-0.1, -0.05) is 0 Å². The second-order valence-corrected chi connectivity index (χ2v) is 10.7. The Kier molecular flexibility index (Phi) is 6.54. The van der Waals surface area contributed by atoms with Crippen LogP contribution in [0.4, 0.5) is 17.1 Å². The maximum Gasteiger partial charge on any atom is 0.274 e. The summed E-state index contributed by atoms with van der Waals surface area (Å²) < 4.78 is 45.2. The zero-order valence-corrected chi connectivity index (χ0v) is 21.6. The molecule has 2 aliphatic heterocycles. The van der Waals surface area contributed by atoms with E-state index in [0.29, 0.717) is 55.5 Å². The Morgan fingerprint density at radius 2 is 2.05 bits per heavy atom. The molecule has 2 aromatic heterocycles. The number of ether oxygens (including phenoxy) is 3. The number of aryl methyl sites for hydroxylation is 1. The van der Waals surface area contributed by atoms with Crippen LogP contribution < -0.4 is 23.8 Å². The van der Waals surface area contributed by atoms with Gasteiger partial charge in [-0.2, -0.15) is 0 Å². The lowest BCUT2D eigenvalue weighted by Gasteiger charge is -2.32. The number of methoxy groups -OCH3 is 1. The Morgan fingerprint density at radius 3 is 2.78 bits per heavy atom. The third-order valence-electron chi connectivity index (χ3n) is 6.09. The molecule has 2 aliphatic rings. The number of nitrogens with zero attached hydrogens (tertiary/aromatic N) is 5. The first-order valence-corrected chi connectivity index (χ1v) is 13.6. The fraction of sp³-hybridized carbons (Fsp3) is 0.375. The highest BCUT2D eigenvalue weighted by Gasteiger charge is 2.30. The van der Waals surface area contributed by atoms with Crippen LogP contribution in [-0.2, 0) is 17.1 Å². The van der Waals surface area contributed by atoms with Gasteiger partial charge in [0.2, 0.25) is 15.9 Å². The monoisotopic (exact) mass is 528 g/mol. The predicted octanol–water partition coefficient (Wildman–Crippen LogP) is 2.02. The molecule has 37 heavy (non-hydrogen) atoms. The van der Waals surface area contributed by atoms with Crippen LogP contribution in [0.25, 0.3) is 0 Å². The third-order valence-corrected chi connectivity index (χ3v) is 6.68. The normalized spacial score (nSPS) is 17.2. The lowest BCUT2D eigenvalue weighted by atomic mass is 10.2. The molecule has 1 N–H and O–H groups in total. The van der Waals surface area contributed by atoms with Crippen molar-refractivity contribution in [2.45, 2.75) is 12.5 Å². The van der Waals surface area contributed by atoms with Crippen molar-refractivity contribution in [3.8, 4) is 17.4 Å². The van der Waals surface area contributed by atoms with E-state index in [4.69, 9.17) is 14.2 Å². The Labute approximate surface area is 214 Å². The van der Waals surface area contributed by atoms with Crippen molar-refractivity contribution in [3.05, 3.63) is 48.7 Å². The molecule has 0 bridgehead atoms. The molecule has 13 heteroatoms. The number of nitrogens with one attached hydrogen (secondary N) is 1. The number of fused-ring (bicyclic) bond motifs is 1. The SMILES string of the molecule is COc1ncc(N2CCOc3ccc(OC4CCN(C(=O)c5cn(C)cn5)C4)cc32)cc1NS(C)(=O)=O. The first kappa shape index (κ1) is 24.7. The van der Waals surface area contributed by atoms with Crippen LogP contribution >= 0.6 is 0 Å². The summed E-state index contributed by atoms with van der Waals surface area (Å²) in [6.07, 6.45) is 6.56. The minimum atomic E-state index is -3.53. The zero-order chi connectivity index (χ0) is 26.2. The third kappa shape index (κ3) is 5.40. The summed E-state index contributed by atoms with van der Waals surface area (Å²) in [6, 6.07) is 7.24. The van der Waals surface area contributed by atoms with Crippen LogP contribution in [0.2, 0.25) is 0 Å². The first-order valence-electron chi connectivity index (χ1n) is 11.7. The van der Waals surface area contributed by atoms with E-state index in [-0.39, 0.29) is 23.6 Å². The number of pyridine rings is 1. The van der Waals surface area contributed by atoms with Crippen molar-refractivity contribution in [2.75, 3.05) is 49.2 Å². The molecule has 1 saturated heterocycles. The minimum Gasteiger partial charge on any atom is -0.490 e. The lowest BCUT2D eigenvalue weighted by Crippen LogP contribution is -2.31. The summed E-state index contributed by atoms with van der Waals surface area (Å²) in [6.45, 7) is 2.03. The van der Waals surface area contributed by atoms with Crippen LogP contribution in [0.3, 0.4) is 0 Å². The molecule has 1 unspecified atom stereocenters. The summed E-state index contributed by atoms with van der Waals surface area (Å²) in [7, 11) is -0.277. The van der Waals surface area contributed by atoms with Gasteiger partial charge in [0.25, 0.3) is 5.91 Å². The molecule has 1 aromatic carbocycles. The van der Waals surface area contributed by atoms with Gasteiger partial charge in [-0.25, -0.2) is 18.4 Å². The molecule has 3 aromatic rings. The first-order chi connectivity index (χ1) is 17.7. The van der Waals surface area contributed by atoms with Gasteiger partial charge in [-0.15, -0.1) is 0 Å². The quantitative estimate of drug-likeness (QED) is 0.490. The molecule has 0 radical (unpaired) electrons. The maximum absolute atomic E-state index is 12.7. The fourth-order valence-corrected chi connectivity index (χ4v) is 5.00. The summed E-state index contributed by atoms with van der Waals surface area (Å²) in [5.74, 6) is 1.38. The van der Waals surface area contributed by atoms with Crippen molar-refractivity contribution in [2.24, 2.45) is 7.05 Å². The van der Waals surface area contributed by atoms with Gasteiger partial charge in [-0.05, 0) is 18.2 Å². The van der Waals surface area contributed by atoms with Crippen LogP contribution in [0, 0.1) is 0 Å². The van der Waals surface area contributed by atoms with Crippen LogP contribution in [0.15, 0.2) is 43.0 Å². The molecule has 196 valence electrons. The highest BCUT2D eigenvalue weighted by molar-refractivity contribution is 7.92. The van der Waals surface area contributed by atoms with E-state index in [9.17, 15) is 13.2 Å². The molecule has 0 spiro atoms. The second-order valence-electron chi connectivity index (χ2n) is 8.96. The Hall–Kier alpha value is -4.00. The average molecular weight is 529 g/mol. The molecule has 1 atom stereocenters. The summed E-state index contributed by atoms with van der Waals surface area (Å²) in [4.78, 5) is 24.9. The highest BCUT2D eigenvalue weighted by atomic mass is 32.2. The van der Waals surface area contributed by atoms with Gasteiger partial charge in [-0.3, -0.25) is 9.52 Å². The number of aromatic nitrogens is 3. The number of rotatable bonds is 7. The van der Waals surface area contributed by atoms with E-state index in [1.165, 1.54) is 7.11 Å². The number of sulfonamides is 1. The predicted molar refractivity (Wildman–Crippen MR) is 136 cm³/mol. The number of carbonyl (C=O) groups is 1. The van der Waals surface area contributed by atoms with Crippen molar-refractivity contribution < 1.29 is 27.4 Å². The van der Waals surface area contributed by atoms with E-state index >= 15 is 0 Å². The van der Waals surface area contributed by atoms with Gasteiger partial charge in [0.1, 0.15) is 35.6 Å². The number of likely N-dealkylation sites (tertiary alicyclic amines) is 1. The Bertz CT molecular complexity index is 1420. The van der Waals surface area contributed by atoms with E-state index < -0.39 is 10.0 Å². The topological polar surface area (TPSA) is 128 Å². The molecule has 0 saturated carbocycles. The number of hydrogen-bond donors (Lipinski definition) is 1. The minimum absolute atomic E-state index is 0.109. The average Bonchev–Trinajstić information content (AvgIpc) is 3.51. The van der Waals surface area contributed by atoms with Gasteiger partial charge >= 0.3 is 0 Å². The standard InChI is InChI=1S/C24H28N6O6S/c1-28-14-20(26-15-28)24(31)29-7-6-18(13-29)36-17-4-5-22-21(11-17)30(8-9-35-22)16-10-19(27-37(3,32)33)23(34-2)25-12-16/h4-5,10-12,14-15,18,27H,6-9,13H2,1-3H3. The van der Waals surface area contributed by atoms with Gasteiger partial charge in [0.15, 0.2) is 0 Å². The molecule has 5 rings (SSSR count). The lowest BCUT2D eigenvalue weighted by molar-refractivity contribution is 0.0767. The van der Waals surface area contributed by atoms with Crippen LogP contribution in [0.5, 0.6) is 17.4 Å². The number of hydrogen-bond acceptors (Lipinski definition) is 9. The highest BCUT2D eigenvalue weighted by Crippen LogP contribution is 2.41. The van der Waals surface area contributed by atoms with E-state index in [0.717, 1.165) is 11.9 Å². The summed E-state index contributed by atoms with van der Waals surface area (Å²) >= 11 is 0. The molecule has 12 nitrogen and oxygen atoms in total. The van der Waals surface area contributed by atoms with Gasteiger partial charge in [0.05, 0.1) is 50.4 Å². The largest absolute Gasteiger partial charge is 0.490 e. The number of amides is 1. The smallest absolute Gasteiger partial charge is 0.274 e. The number of anilines is 3. The second kappa shape index (κ2) is 9.81. The number of imidazole rings is 1. The molecule has 4 heterocycles.